The Hall–Kier alpha value is -2.39. The fourth-order valence-corrected chi connectivity index (χ4v) is 5.42. The molecule has 0 aliphatic carbocycles. The maximum atomic E-state index is 13.6. The van der Waals surface area contributed by atoms with Crippen molar-refractivity contribution < 1.29 is 23.8 Å². The van der Waals surface area contributed by atoms with Gasteiger partial charge in [-0.2, -0.15) is 0 Å². The van der Waals surface area contributed by atoms with E-state index < -0.39 is 0 Å². The minimum atomic E-state index is -0.388. The van der Waals surface area contributed by atoms with Gasteiger partial charge < -0.3 is 19.1 Å². The van der Waals surface area contributed by atoms with Crippen LogP contribution >= 0.6 is 11.8 Å². The molecule has 5 rings (SSSR count). The molecule has 33 heavy (non-hydrogen) atoms. The third kappa shape index (κ3) is 5.09. The van der Waals surface area contributed by atoms with Crippen molar-refractivity contribution in [2.45, 2.75) is 28.7 Å². The van der Waals surface area contributed by atoms with E-state index in [1.165, 1.54) is 0 Å². The summed E-state index contributed by atoms with van der Waals surface area (Å²) in [5.41, 5.74) is 1.88. The Morgan fingerprint density at radius 1 is 1.06 bits per heavy atom. The molecule has 3 aliphatic rings. The van der Waals surface area contributed by atoms with E-state index in [-0.39, 0.29) is 24.6 Å². The van der Waals surface area contributed by atoms with Gasteiger partial charge in [0.1, 0.15) is 6.61 Å². The standard InChI is InChI=1S/C25H28N2O5S/c28-24-20-5-1-2-6-22(20)33-23-8-7-18(25(29)32-17-19-4-3-13-31-19)16-21(23)27(24)10-9-26-11-14-30-15-12-26/h1-2,5-8,16,19H,3-4,9-15,17H2/t19-/m1/s1. The summed E-state index contributed by atoms with van der Waals surface area (Å²) in [5.74, 6) is -0.435. The topological polar surface area (TPSA) is 68.3 Å². The minimum absolute atomic E-state index is 0.0218. The van der Waals surface area contributed by atoms with Crippen LogP contribution in [0.1, 0.15) is 33.6 Å². The van der Waals surface area contributed by atoms with Gasteiger partial charge in [0.15, 0.2) is 0 Å². The predicted molar refractivity (Wildman–Crippen MR) is 125 cm³/mol. The van der Waals surface area contributed by atoms with E-state index in [1.807, 2.05) is 30.3 Å². The third-order valence-electron chi connectivity index (χ3n) is 6.24. The molecule has 174 valence electrons. The highest BCUT2D eigenvalue weighted by atomic mass is 32.2. The zero-order valence-electron chi connectivity index (χ0n) is 18.5. The maximum Gasteiger partial charge on any atom is 0.338 e. The first-order chi connectivity index (χ1) is 16.2. The Kier molecular flexibility index (Phi) is 6.96. The zero-order chi connectivity index (χ0) is 22.6. The first-order valence-electron chi connectivity index (χ1n) is 11.5. The fourth-order valence-electron chi connectivity index (χ4n) is 4.36. The smallest absolute Gasteiger partial charge is 0.338 e. The second-order valence-corrected chi connectivity index (χ2v) is 9.51. The molecule has 2 aromatic carbocycles. The number of ether oxygens (including phenoxy) is 3. The molecule has 0 bridgehead atoms. The highest BCUT2D eigenvalue weighted by Gasteiger charge is 2.29. The van der Waals surface area contributed by atoms with E-state index in [0.717, 1.165) is 54.6 Å². The summed E-state index contributed by atoms with van der Waals surface area (Å²) in [6, 6.07) is 13.2. The monoisotopic (exact) mass is 468 g/mol. The summed E-state index contributed by atoms with van der Waals surface area (Å²) in [5, 5.41) is 0. The lowest BCUT2D eigenvalue weighted by Crippen LogP contribution is -2.43. The predicted octanol–water partition coefficient (Wildman–Crippen LogP) is 3.47. The van der Waals surface area contributed by atoms with Crippen LogP contribution in [0.15, 0.2) is 52.3 Å². The second-order valence-electron chi connectivity index (χ2n) is 8.43. The molecule has 8 heteroatoms. The molecular weight excluding hydrogens is 440 g/mol. The lowest BCUT2D eigenvalue weighted by Gasteiger charge is -2.30. The number of esters is 1. The van der Waals surface area contributed by atoms with Crippen LogP contribution in [0.5, 0.6) is 0 Å². The Balaban J connectivity index is 1.40. The lowest BCUT2D eigenvalue weighted by atomic mass is 10.1. The summed E-state index contributed by atoms with van der Waals surface area (Å²) in [6.45, 7) is 5.40. The van der Waals surface area contributed by atoms with Gasteiger partial charge in [-0.05, 0) is 43.2 Å². The van der Waals surface area contributed by atoms with Gasteiger partial charge >= 0.3 is 5.97 Å². The molecule has 0 radical (unpaired) electrons. The van der Waals surface area contributed by atoms with Gasteiger partial charge in [0.2, 0.25) is 0 Å². The number of hydrogen-bond acceptors (Lipinski definition) is 7. The van der Waals surface area contributed by atoms with Crippen LogP contribution in [0.25, 0.3) is 0 Å². The molecule has 3 aliphatic heterocycles. The van der Waals surface area contributed by atoms with Gasteiger partial charge in [0, 0.05) is 42.6 Å². The van der Waals surface area contributed by atoms with Gasteiger partial charge in [-0.25, -0.2) is 4.79 Å². The summed E-state index contributed by atoms with van der Waals surface area (Å²) in [4.78, 5) is 32.3. The molecule has 0 N–H and O–H groups in total. The van der Waals surface area contributed by atoms with Crippen LogP contribution in [0.2, 0.25) is 0 Å². The Morgan fingerprint density at radius 2 is 1.91 bits per heavy atom. The Labute approximate surface area is 198 Å². The number of amides is 1. The molecule has 1 amide bonds. The van der Waals surface area contributed by atoms with Crippen molar-refractivity contribution in [3.8, 4) is 0 Å². The number of carbonyl (C=O) groups excluding carboxylic acids is 2. The van der Waals surface area contributed by atoms with Gasteiger partial charge in [0.25, 0.3) is 5.91 Å². The molecule has 1 atom stereocenters. The summed E-state index contributed by atoms with van der Waals surface area (Å²) in [6.07, 6.45) is 1.89. The van der Waals surface area contributed by atoms with Crippen molar-refractivity contribution in [3.05, 3.63) is 53.6 Å². The van der Waals surface area contributed by atoms with Crippen molar-refractivity contribution in [2.24, 2.45) is 0 Å². The number of carbonyl (C=O) groups is 2. The number of fused-ring (bicyclic) bond motifs is 2. The minimum Gasteiger partial charge on any atom is -0.459 e. The quantitative estimate of drug-likeness (QED) is 0.602. The van der Waals surface area contributed by atoms with E-state index in [0.29, 0.717) is 30.9 Å². The van der Waals surface area contributed by atoms with Crippen LogP contribution in [-0.2, 0) is 14.2 Å². The molecule has 0 saturated carbocycles. The molecule has 0 unspecified atom stereocenters. The van der Waals surface area contributed by atoms with E-state index >= 15 is 0 Å². The summed E-state index contributed by atoms with van der Waals surface area (Å²) in [7, 11) is 0. The average Bonchev–Trinajstić information content (AvgIpc) is 3.34. The van der Waals surface area contributed by atoms with Crippen LogP contribution in [-0.4, -0.2) is 75.5 Å². The number of benzene rings is 2. The van der Waals surface area contributed by atoms with E-state index in [4.69, 9.17) is 14.2 Å². The normalized spacial score (nSPS) is 20.8. The van der Waals surface area contributed by atoms with Gasteiger partial charge in [-0.15, -0.1) is 0 Å². The highest BCUT2D eigenvalue weighted by molar-refractivity contribution is 7.99. The van der Waals surface area contributed by atoms with Crippen LogP contribution in [0.3, 0.4) is 0 Å². The van der Waals surface area contributed by atoms with Crippen molar-refractivity contribution >= 4 is 29.3 Å². The molecule has 2 saturated heterocycles. The van der Waals surface area contributed by atoms with Crippen molar-refractivity contribution in [1.82, 2.24) is 4.90 Å². The van der Waals surface area contributed by atoms with E-state index in [2.05, 4.69) is 4.90 Å². The highest BCUT2D eigenvalue weighted by Crippen LogP contribution is 2.41. The summed E-state index contributed by atoms with van der Waals surface area (Å²) < 4.78 is 16.5. The van der Waals surface area contributed by atoms with E-state index in [1.54, 1.807) is 28.8 Å². The molecule has 2 aromatic rings. The summed E-state index contributed by atoms with van der Waals surface area (Å²) >= 11 is 1.56. The SMILES string of the molecule is O=C(OC[C@H]1CCCO1)c1ccc2c(c1)N(CCN1CCOCC1)C(=O)c1ccccc1S2. The number of nitrogens with zero attached hydrogens (tertiary/aromatic N) is 2. The second kappa shape index (κ2) is 10.3. The number of rotatable bonds is 6. The lowest BCUT2D eigenvalue weighted by molar-refractivity contribution is 0.0161. The van der Waals surface area contributed by atoms with Crippen LogP contribution in [0.4, 0.5) is 5.69 Å². The Morgan fingerprint density at radius 3 is 2.73 bits per heavy atom. The maximum absolute atomic E-state index is 13.6. The first kappa shape index (κ1) is 22.4. The van der Waals surface area contributed by atoms with Crippen LogP contribution in [0, 0.1) is 0 Å². The van der Waals surface area contributed by atoms with E-state index in [9.17, 15) is 9.59 Å². The number of anilines is 1. The van der Waals surface area contributed by atoms with Crippen LogP contribution < -0.4 is 4.90 Å². The average molecular weight is 469 g/mol. The molecule has 7 nitrogen and oxygen atoms in total. The largest absolute Gasteiger partial charge is 0.459 e. The molecule has 0 aromatic heterocycles. The van der Waals surface area contributed by atoms with Gasteiger partial charge in [0.05, 0.1) is 36.1 Å². The van der Waals surface area contributed by atoms with Gasteiger partial charge in [-0.1, -0.05) is 23.9 Å². The third-order valence-corrected chi connectivity index (χ3v) is 7.38. The number of morpholine rings is 1. The Bertz CT molecular complexity index is 1020. The molecule has 3 heterocycles. The number of hydrogen-bond donors (Lipinski definition) is 0. The molecule has 0 spiro atoms. The van der Waals surface area contributed by atoms with Crippen molar-refractivity contribution in [2.75, 3.05) is 57.5 Å². The van der Waals surface area contributed by atoms with Gasteiger partial charge in [-0.3, -0.25) is 9.69 Å². The zero-order valence-corrected chi connectivity index (χ0v) is 19.4. The first-order valence-corrected chi connectivity index (χ1v) is 12.3. The molecular formula is C25H28N2O5S. The van der Waals surface area contributed by atoms with Crippen molar-refractivity contribution in [1.29, 1.82) is 0 Å². The van der Waals surface area contributed by atoms with Crippen molar-refractivity contribution in [3.63, 3.8) is 0 Å². The molecule has 2 fully saturated rings. The fraction of sp³-hybridized carbons (Fsp3) is 0.440.